The number of carboxylic acid groups (broad SMARTS) is 1. The molecular weight excluding hydrogens is 368 g/mol. The molecule has 1 aliphatic heterocycles. The molecular formula is C23H24N2O4. The molecule has 3 aromatic rings. The first-order chi connectivity index (χ1) is 14.0. The number of carbonyl (C=O) groups excluding carboxylic acids is 1. The van der Waals surface area contributed by atoms with Crippen LogP contribution in [0.2, 0.25) is 0 Å². The number of aromatic nitrogens is 1. The zero-order chi connectivity index (χ0) is 20.5. The van der Waals surface area contributed by atoms with Gasteiger partial charge in [-0.3, -0.25) is 4.79 Å². The van der Waals surface area contributed by atoms with Crippen LogP contribution in [-0.4, -0.2) is 33.0 Å². The molecule has 2 aromatic heterocycles. The van der Waals surface area contributed by atoms with Crippen LogP contribution in [-0.2, 0) is 24.2 Å². The number of benzene rings is 1. The van der Waals surface area contributed by atoms with Crippen LogP contribution in [0.5, 0.6) is 0 Å². The number of hydrogen-bond acceptors (Lipinski definition) is 3. The third-order valence-electron chi connectivity index (χ3n) is 5.64. The molecule has 1 aliphatic rings. The number of nitrogens with zero attached hydrogens (tertiary/aromatic N) is 2. The third-order valence-corrected chi connectivity index (χ3v) is 5.64. The summed E-state index contributed by atoms with van der Waals surface area (Å²) in [5.74, 6) is -1.38. The molecule has 1 unspecified atom stereocenters. The Morgan fingerprint density at radius 3 is 2.62 bits per heavy atom. The molecule has 1 aromatic carbocycles. The van der Waals surface area contributed by atoms with Crippen LogP contribution in [0.3, 0.4) is 0 Å². The van der Waals surface area contributed by atoms with E-state index in [4.69, 9.17) is 4.42 Å². The van der Waals surface area contributed by atoms with E-state index in [1.54, 1.807) is 0 Å². The highest BCUT2D eigenvalue weighted by molar-refractivity contribution is 5.90. The summed E-state index contributed by atoms with van der Waals surface area (Å²) in [6.07, 6.45) is 4.12. The molecule has 0 bridgehead atoms. The molecule has 6 nitrogen and oxygen atoms in total. The van der Waals surface area contributed by atoms with Crippen molar-refractivity contribution in [1.82, 2.24) is 9.47 Å². The second kappa shape index (κ2) is 7.62. The van der Waals surface area contributed by atoms with Gasteiger partial charge in [-0.1, -0.05) is 36.8 Å². The molecule has 4 rings (SSSR count). The summed E-state index contributed by atoms with van der Waals surface area (Å²) in [5, 5.41) is 9.43. The standard InChI is InChI=1S/C23H24N2O4/c1-3-16-14-29-22(23(27)28)18(16)13-20(26)25-12-11-24-10-4-5-19(24)21(25)17-8-6-15(2)7-9-17/h4-10,14,21H,3,11-13H2,1-2H3,(H,27,28). The lowest BCUT2D eigenvalue weighted by Crippen LogP contribution is -2.43. The number of aryl methyl sites for hydroxylation is 2. The molecule has 0 aliphatic carbocycles. The Bertz CT molecular complexity index is 1050. The van der Waals surface area contributed by atoms with Crippen molar-refractivity contribution in [3.05, 3.63) is 82.6 Å². The maximum Gasteiger partial charge on any atom is 0.372 e. The Kier molecular flexibility index (Phi) is 5.01. The zero-order valence-electron chi connectivity index (χ0n) is 16.6. The van der Waals surface area contributed by atoms with Crippen molar-refractivity contribution in [1.29, 1.82) is 0 Å². The number of hydrogen-bond donors (Lipinski definition) is 1. The zero-order valence-corrected chi connectivity index (χ0v) is 16.6. The van der Waals surface area contributed by atoms with Crippen molar-refractivity contribution in [3.63, 3.8) is 0 Å². The van der Waals surface area contributed by atoms with E-state index in [1.165, 1.54) is 6.26 Å². The average molecular weight is 392 g/mol. The topological polar surface area (TPSA) is 75.7 Å². The molecule has 3 heterocycles. The van der Waals surface area contributed by atoms with E-state index in [1.807, 2.05) is 49.2 Å². The number of aromatic carboxylic acids is 1. The number of furan rings is 1. The fourth-order valence-corrected chi connectivity index (χ4v) is 4.09. The molecule has 0 radical (unpaired) electrons. The van der Waals surface area contributed by atoms with Crippen LogP contribution in [0.1, 0.15) is 51.5 Å². The fraction of sp³-hybridized carbons (Fsp3) is 0.304. The molecule has 1 amide bonds. The smallest absolute Gasteiger partial charge is 0.372 e. The van der Waals surface area contributed by atoms with E-state index in [-0.39, 0.29) is 24.1 Å². The van der Waals surface area contributed by atoms with E-state index in [0.29, 0.717) is 25.1 Å². The van der Waals surface area contributed by atoms with Crippen LogP contribution in [0.25, 0.3) is 0 Å². The molecule has 0 spiro atoms. The molecule has 0 saturated carbocycles. The highest BCUT2D eigenvalue weighted by Crippen LogP contribution is 2.33. The summed E-state index contributed by atoms with van der Waals surface area (Å²) in [4.78, 5) is 26.8. The van der Waals surface area contributed by atoms with Gasteiger partial charge in [0.2, 0.25) is 11.7 Å². The van der Waals surface area contributed by atoms with Gasteiger partial charge in [0.25, 0.3) is 0 Å². The van der Waals surface area contributed by atoms with Crippen molar-refractivity contribution in [2.24, 2.45) is 0 Å². The first-order valence-corrected chi connectivity index (χ1v) is 9.83. The summed E-state index contributed by atoms with van der Waals surface area (Å²) < 4.78 is 7.40. The minimum Gasteiger partial charge on any atom is -0.475 e. The summed E-state index contributed by atoms with van der Waals surface area (Å²) in [6, 6.07) is 12.1. The second-order valence-corrected chi connectivity index (χ2v) is 7.43. The fourth-order valence-electron chi connectivity index (χ4n) is 4.09. The van der Waals surface area contributed by atoms with Crippen molar-refractivity contribution in [3.8, 4) is 0 Å². The number of rotatable bonds is 5. The van der Waals surface area contributed by atoms with E-state index < -0.39 is 5.97 Å². The Labute approximate surface area is 169 Å². The number of amides is 1. The third kappa shape index (κ3) is 3.46. The van der Waals surface area contributed by atoms with E-state index in [0.717, 1.165) is 22.4 Å². The Morgan fingerprint density at radius 2 is 1.93 bits per heavy atom. The van der Waals surface area contributed by atoms with Gasteiger partial charge in [-0.25, -0.2) is 4.79 Å². The van der Waals surface area contributed by atoms with Crippen LogP contribution >= 0.6 is 0 Å². The number of fused-ring (bicyclic) bond motifs is 1. The van der Waals surface area contributed by atoms with Crippen molar-refractivity contribution < 1.29 is 19.1 Å². The summed E-state index contributed by atoms with van der Waals surface area (Å²) >= 11 is 0. The summed E-state index contributed by atoms with van der Waals surface area (Å²) in [7, 11) is 0. The SMILES string of the molecule is CCc1coc(C(=O)O)c1CC(=O)N1CCn2cccc2C1c1ccc(C)cc1. The van der Waals surface area contributed by atoms with Gasteiger partial charge in [-0.2, -0.15) is 0 Å². The lowest BCUT2D eigenvalue weighted by Gasteiger charge is -2.37. The van der Waals surface area contributed by atoms with E-state index in [2.05, 4.69) is 16.7 Å². The monoisotopic (exact) mass is 392 g/mol. The Hall–Kier alpha value is -3.28. The second-order valence-electron chi connectivity index (χ2n) is 7.43. The first kappa shape index (κ1) is 19.1. The van der Waals surface area contributed by atoms with Gasteiger partial charge in [0.15, 0.2) is 0 Å². The van der Waals surface area contributed by atoms with Gasteiger partial charge in [0.05, 0.1) is 18.7 Å². The Balaban J connectivity index is 1.70. The van der Waals surface area contributed by atoms with Gasteiger partial charge >= 0.3 is 5.97 Å². The van der Waals surface area contributed by atoms with E-state index >= 15 is 0 Å². The normalized spacial score (nSPS) is 15.9. The van der Waals surface area contributed by atoms with Crippen LogP contribution in [0.4, 0.5) is 0 Å². The minimum atomic E-state index is -1.14. The highest BCUT2D eigenvalue weighted by atomic mass is 16.4. The van der Waals surface area contributed by atoms with Gasteiger partial charge in [-0.05, 0) is 36.6 Å². The predicted molar refractivity (Wildman–Crippen MR) is 108 cm³/mol. The first-order valence-electron chi connectivity index (χ1n) is 9.83. The summed E-state index contributed by atoms with van der Waals surface area (Å²) in [5.41, 5.74) is 4.52. The van der Waals surface area contributed by atoms with Crippen LogP contribution < -0.4 is 0 Å². The number of carboxylic acids is 1. The van der Waals surface area contributed by atoms with Crippen LogP contribution in [0.15, 0.2) is 53.3 Å². The van der Waals surface area contributed by atoms with E-state index in [9.17, 15) is 14.7 Å². The number of carbonyl (C=O) groups is 2. The lowest BCUT2D eigenvalue weighted by atomic mass is 9.97. The van der Waals surface area contributed by atoms with Crippen molar-refractivity contribution in [2.45, 2.75) is 39.3 Å². The summed E-state index contributed by atoms with van der Waals surface area (Å²) in [6.45, 7) is 5.25. The minimum absolute atomic E-state index is 0.0182. The largest absolute Gasteiger partial charge is 0.475 e. The van der Waals surface area contributed by atoms with Gasteiger partial charge in [0, 0.05) is 30.5 Å². The molecule has 1 N–H and O–H groups in total. The maximum atomic E-state index is 13.4. The average Bonchev–Trinajstić information content (AvgIpc) is 3.34. The molecule has 6 heteroatoms. The van der Waals surface area contributed by atoms with Crippen molar-refractivity contribution >= 4 is 11.9 Å². The maximum absolute atomic E-state index is 13.4. The quantitative estimate of drug-likeness (QED) is 0.716. The lowest BCUT2D eigenvalue weighted by molar-refractivity contribution is -0.133. The molecule has 29 heavy (non-hydrogen) atoms. The van der Waals surface area contributed by atoms with Gasteiger partial charge in [0.1, 0.15) is 0 Å². The van der Waals surface area contributed by atoms with Gasteiger partial charge in [-0.15, -0.1) is 0 Å². The molecule has 1 atom stereocenters. The molecule has 150 valence electrons. The van der Waals surface area contributed by atoms with Gasteiger partial charge < -0.3 is 19.0 Å². The van der Waals surface area contributed by atoms with Crippen molar-refractivity contribution in [2.75, 3.05) is 6.54 Å². The molecule has 0 fully saturated rings. The Morgan fingerprint density at radius 1 is 1.17 bits per heavy atom. The predicted octanol–water partition coefficient (Wildman–Crippen LogP) is 3.82. The molecule has 0 saturated heterocycles. The highest BCUT2D eigenvalue weighted by Gasteiger charge is 2.33. The van der Waals surface area contributed by atoms with Crippen LogP contribution in [0, 0.1) is 6.92 Å².